The monoisotopic (exact) mass is 450 g/mol. The summed E-state index contributed by atoms with van der Waals surface area (Å²) >= 11 is 0. The molecule has 0 atom stereocenters. The fourth-order valence-electron chi connectivity index (χ4n) is 4.43. The maximum absolute atomic E-state index is 13.4. The first-order valence-corrected chi connectivity index (χ1v) is 11.1. The van der Waals surface area contributed by atoms with Crippen molar-refractivity contribution >= 4 is 10.9 Å². The van der Waals surface area contributed by atoms with E-state index in [1.165, 1.54) is 17.6 Å². The molecule has 3 nitrogen and oxygen atoms in total. The van der Waals surface area contributed by atoms with E-state index in [-0.39, 0.29) is 5.82 Å². The molecule has 5 aromatic rings. The maximum atomic E-state index is 13.4. The molecule has 168 valence electrons. The van der Waals surface area contributed by atoms with Crippen molar-refractivity contribution in [3.05, 3.63) is 103 Å². The van der Waals surface area contributed by atoms with Gasteiger partial charge in [0.25, 0.3) is 0 Å². The smallest absolute Gasteiger partial charge is 0.212 e. The minimum Gasteiger partial charge on any atom is -0.493 e. The van der Waals surface area contributed by atoms with Crippen LogP contribution >= 0.6 is 0 Å². The van der Waals surface area contributed by atoms with Crippen LogP contribution in [0.15, 0.2) is 97.2 Å². The van der Waals surface area contributed by atoms with Gasteiger partial charge >= 0.3 is 0 Å². The summed E-state index contributed by atoms with van der Waals surface area (Å²) in [7, 11) is 5.36. The SMILES string of the molecule is COc1cc(-c2cc3ccccc3[n+](C)c2)cc(-c2cccc(-c3ccc(F)cc3)c2)c1OC. The molecule has 0 spiro atoms. The third kappa shape index (κ3) is 3.99. The quantitative estimate of drug-likeness (QED) is 0.274. The molecule has 0 N–H and O–H groups in total. The number of rotatable bonds is 5. The zero-order valence-electron chi connectivity index (χ0n) is 19.4. The normalized spacial score (nSPS) is 10.9. The number of benzene rings is 4. The summed E-state index contributed by atoms with van der Waals surface area (Å²) < 4.78 is 27.1. The van der Waals surface area contributed by atoms with Crippen molar-refractivity contribution in [2.45, 2.75) is 0 Å². The minimum atomic E-state index is -0.248. The third-order valence-corrected chi connectivity index (χ3v) is 6.12. The Hall–Kier alpha value is -4.18. The van der Waals surface area contributed by atoms with E-state index in [9.17, 15) is 4.39 Å². The van der Waals surface area contributed by atoms with Crippen LogP contribution < -0.4 is 14.0 Å². The van der Waals surface area contributed by atoms with Gasteiger partial charge in [0, 0.05) is 22.6 Å². The second-order valence-corrected chi connectivity index (χ2v) is 8.25. The van der Waals surface area contributed by atoms with Gasteiger partial charge in [-0.05, 0) is 64.7 Å². The van der Waals surface area contributed by atoms with E-state index in [1.807, 2.05) is 30.3 Å². The fourth-order valence-corrected chi connectivity index (χ4v) is 4.43. The van der Waals surface area contributed by atoms with Gasteiger partial charge in [-0.15, -0.1) is 0 Å². The van der Waals surface area contributed by atoms with Gasteiger partial charge in [-0.2, -0.15) is 0 Å². The molecule has 0 aliphatic heterocycles. The van der Waals surface area contributed by atoms with E-state index in [0.29, 0.717) is 11.5 Å². The molecular formula is C30H25FNO2+. The fraction of sp³-hybridized carbons (Fsp3) is 0.100. The second-order valence-electron chi connectivity index (χ2n) is 8.25. The van der Waals surface area contributed by atoms with Gasteiger partial charge in [-0.25, -0.2) is 8.96 Å². The van der Waals surface area contributed by atoms with Crippen LogP contribution in [0.25, 0.3) is 44.3 Å². The summed E-state index contributed by atoms with van der Waals surface area (Å²) in [6, 6.07) is 29.4. The van der Waals surface area contributed by atoms with Crippen molar-refractivity contribution in [2.24, 2.45) is 7.05 Å². The number of hydrogen-bond acceptors (Lipinski definition) is 2. The number of methoxy groups -OCH3 is 2. The van der Waals surface area contributed by atoms with Gasteiger partial charge in [0.15, 0.2) is 17.7 Å². The number of halogens is 1. The summed E-state index contributed by atoms with van der Waals surface area (Å²) in [5.74, 6) is 1.09. The molecule has 0 radical (unpaired) electrons. The Morgan fingerprint density at radius 1 is 0.647 bits per heavy atom. The predicted octanol–water partition coefficient (Wildman–Crippen LogP) is 6.82. The van der Waals surface area contributed by atoms with Crippen molar-refractivity contribution in [3.8, 4) is 44.9 Å². The maximum Gasteiger partial charge on any atom is 0.212 e. The molecule has 0 bridgehead atoms. The topological polar surface area (TPSA) is 22.3 Å². The first-order chi connectivity index (χ1) is 16.6. The highest BCUT2D eigenvalue weighted by molar-refractivity contribution is 5.86. The molecule has 1 aromatic heterocycles. The summed E-state index contributed by atoms with van der Waals surface area (Å²) in [6.07, 6.45) is 2.13. The lowest BCUT2D eigenvalue weighted by atomic mass is 9.95. The highest BCUT2D eigenvalue weighted by Crippen LogP contribution is 2.42. The third-order valence-electron chi connectivity index (χ3n) is 6.12. The van der Waals surface area contributed by atoms with Crippen molar-refractivity contribution < 1.29 is 18.4 Å². The Bertz CT molecular complexity index is 1490. The van der Waals surface area contributed by atoms with Gasteiger partial charge in [-0.3, -0.25) is 0 Å². The van der Waals surface area contributed by atoms with Crippen LogP contribution in [-0.4, -0.2) is 14.2 Å². The highest BCUT2D eigenvalue weighted by Gasteiger charge is 2.18. The van der Waals surface area contributed by atoms with E-state index in [2.05, 4.69) is 54.2 Å². The highest BCUT2D eigenvalue weighted by atomic mass is 19.1. The molecule has 0 aliphatic carbocycles. The Morgan fingerprint density at radius 2 is 1.41 bits per heavy atom. The molecule has 0 amide bonds. The summed E-state index contributed by atoms with van der Waals surface area (Å²) in [5, 5.41) is 1.16. The lowest BCUT2D eigenvalue weighted by molar-refractivity contribution is -0.644. The summed E-state index contributed by atoms with van der Waals surface area (Å²) in [5.41, 5.74) is 7.15. The van der Waals surface area contributed by atoms with E-state index in [0.717, 1.165) is 38.8 Å². The Labute approximate surface area is 198 Å². The molecule has 5 rings (SSSR count). The molecule has 0 saturated carbocycles. The van der Waals surface area contributed by atoms with E-state index >= 15 is 0 Å². The number of nitrogens with zero attached hydrogens (tertiary/aromatic N) is 1. The van der Waals surface area contributed by atoms with E-state index < -0.39 is 0 Å². The average molecular weight is 451 g/mol. The second kappa shape index (κ2) is 8.99. The zero-order chi connectivity index (χ0) is 23.7. The number of fused-ring (bicyclic) bond motifs is 1. The van der Waals surface area contributed by atoms with Crippen molar-refractivity contribution in [1.82, 2.24) is 0 Å². The Balaban J connectivity index is 1.69. The Morgan fingerprint density at radius 3 is 2.18 bits per heavy atom. The molecule has 4 heteroatoms. The minimum absolute atomic E-state index is 0.248. The summed E-state index contributed by atoms with van der Waals surface area (Å²) in [6.45, 7) is 0. The molecule has 34 heavy (non-hydrogen) atoms. The van der Waals surface area contributed by atoms with Crippen LogP contribution in [0.3, 0.4) is 0 Å². The number of ether oxygens (including phenoxy) is 2. The lowest BCUT2D eigenvalue weighted by Crippen LogP contribution is -2.28. The van der Waals surface area contributed by atoms with Crippen LogP contribution in [0.1, 0.15) is 0 Å². The van der Waals surface area contributed by atoms with Crippen molar-refractivity contribution in [1.29, 1.82) is 0 Å². The van der Waals surface area contributed by atoms with Crippen LogP contribution in [0, 0.1) is 5.82 Å². The van der Waals surface area contributed by atoms with Crippen LogP contribution in [0.2, 0.25) is 0 Å². The van der Waals surface area contributed by atoms with Gasteiger partial charge in [-0.1, -0.05) is 42.5 Å². The van der Waals surface area contributed by atoms with Crippen LogP contribution in [0.4, 0.5) is 4.39 Å². The number of aryl methyl sites for hydroxylation is 1. The molecular weight excluding hydrogens is 425 g/mol. The first-order valence-electron chi connectivity index (χ1n) is 11.1. The van der Waals surface area contributed by atoms with Crippen molar-refractivity contribution in [2.75, 3.05) is 14.2 Å². The van der Waals surface area contributed by atoms with E-state index in [4.69, 9.17) is 9.47 Å². The van der Waals surface area contributed by atoms with Gasteiger partial charge in [0.05, 0.1) is 14.2 Å². The molecule has 0 saturated heterocycles. The predicted molar refractivity (Wildman–Crippen MR) is 134 cm³/mol. The Kier molecular flexibility index (Phi) is 5.72. The lowest BCUT2D eigenvalue weighted by Gasteiger charge is -2.16. The van der Waals surface area contributed by atoms with Crippen LogP contribution in [-0.2, 0) is 7.05 Å². The van der Waals surface area contributed by atoms with Crippen LogP contribution in [0.5, 0.6) is 11.5 Å². The number of hydrogen-bond donors (Lipinski definition) is 0. The largest absolute Gasteiger partial charge is 0.493 e. The number of para-hydroxylation sites is 1. The molecule has 0 aliphatic rings. The van der Waals surface area contributed by atoms with Crippen molar-refractivity contribution in [3.63, 3.8) is 0 Å². The van der Waals surface area contributed by atoms with Gasteiger partial charge in [0.2, 0.25) is 5.52 Å². The number of aromatic nitrogens is 1. The summed E-state index contributed by atoms with van der Waals surface area (Å²) in [4.78, 5) is 0. The first kappa shape index (κ1) is 21.7. The van der Waals surface area contributed by atoms with Gasteiger partial charge < -0.3 is 9.47 Å². The van der Waals surface area contributed by atoms with E-state index in [1.54, 1.807) is 26.4 Å². The average Bonchev–Trinajstić information content (AvgIpc) is 2.88. The molecule has 0 unspecified atom stereocenters. The molecule has 1 heterocycles. The molecule has 4 aromatic carbocycles. The standard InChI is InChI=1S/C30H25FNO2/c1-32-19-25(16-23-7-4-5-10-28(23)32)24-17-27(30(34-3)29(18-24)33-2)22-9-6-8-21(15-22)20-11-13-26(31)14-12-20/h4-19H,1-3H3/q+1. The molecule has 0 fully saturated rings. The van der Waals surface area contributed by atoms with Gasteiger partial charge in [0.1, 0.15) is 12.9 Å². The number of pyridine rings is 1. The zero-order valence-corrected chi connectivity index (χ0v) is 19.4.